The molecule has 6 heteroatoms. The fourth-order valence-corrected chi connectivity index (χ4v) is 5.69. The molecule has 134 valence electrons. The Morgan fingerprint density at radius 1 is 1.08 bits per heavy atom. The van der Waals surface area contributed by atoms with Crippen molar-refractivity contribution in [2.24, 2.45) is 5.92 Å². The van der Waals surface area contributed by atoms with E-state index in [1.807, 2.05) is 6.92 Å². The van der Waals surface area contributed by atoms with Crippen LogP contribution in [-0.4, -0.2) is 49.8 Å². The number of aryl methyl sites for hydroxylation is 1. The maximum atomic E-state index is 12.8. The predicted octanol–water partition coefficient (Wildman–Crippen LogP) is 3.53. The molecule has 24 heavy (non-hydrogen) atoms. The highest BCUT2D eigenvalue weighted by atomic mass is 35.5. The van der Waals surface area contributed by atoms with Gasteiger partial charge in [-0.2, -0.15) is 4.31 Å². The molecule has 1 saturated heterocycles. The van der Waals surface area contributed by atoms with Gasteiger partial charge in [-0.05, 0) is 43.4 Å². The van der Waals surface area contributed by atoms with Crippen molar-refractivity contribution in [2.45, 2.75) is 50.5 Å². The minimum atomic E-state index is -3.45. The van der Waals surface area contributed by atoms with Crippen molar-refractivity contribution in [1.82, 2.24) is 9.21 Å². The molecular weight excluding hydrogens is 344 g/mol. The van der Waals surface area contributed by atoms with E-state index < -0.39 is 10.0 Å². The van der Waals surface area contributed by atoms with Crippen LogP contribution in [0.4, 0.5) is 0 Å². The third kappa shape index (κ3) is 3.64. The Kier molecular flexibility index (Phi) is 5.55. The molecule has 1 aromatic rings. The van der Waals surface area contributed by atoms with Gasteiger partial charge < -0.3 is 0 Å². The van der Waals surface area contributed by atoms with Crippen LogP contribution in [0, 0.1) is 12.8 Å². The number of piperazine rings is 1. The van der Waals surface area contributed by atoms with E-state index >= 15 is 0 Å². The number of benzene rings is 1. The number of hydrogen-bond acceptors (Lipinski definition) is 3. The first kappa shape index (κ1) is 18.2. The second kappa shape index (κ2) is 7.32. The van der Waals surface area contributed by atoms with Crippen molar-refractivity contribution >= 4 is 21.6 Å². The van der Waals surface area contributed by atoms with Crippen molar-refractivity contribution < 1.29 is 8.42 Å². The van der Waals surface area contributed by atoms with E-state index in [1.54, 1.807) is 22.5 Å². The fraction of sp³-hybridized carbons (Fsp3) is 0.667. The standard InChI is InChI=1S/C18H27ClN2O2S/c1-14-7-8-16(13-17(14)19)24(22,23)21-11-9-20(10-12-21)18-6-4-3-5-15(18)2/h7-8,13,15,18H,3-6,9-12H2,1-2H3/t15-,18+/m1/s1. The number of nitrogens with zero attached hydrogens (tertiary/aromatic N) is 2. The summed E-state index contributed by atoms with van der Waals surface area (Å²) in [6.45, 7) is 7.00. The van der Waals surface area contributed by atoms with Crippen LogP contribution < -0.4 is 0 Å². The van der Waals surface area contributed by atoms with Gasteiger partial charge in [-0.25, -0.2) is 8.42 Å². The monoisotopic (exact) mass is 370 g/mol. The summed E-state index contributed by atoms with van der Waals surface area (Å²) < 4.78 is 27.3. The Balaban J connectivity index is 1.68. The summed E-state index contributed by atoms with van der Waals surface area (Å²) in [7, 11) is -3.45. The minimum absolute atomic E-state index is 0.303. The summed E-state index contributed by atoms with van der Waals surface area (Å²) in [5, 5.41) is 0.505. The average Bonchev–Trinajstić information content (AvgIpc) is 2.58. The largest absolute Gasteiger partial charge is 0.298 e. The molecule has 0 amide bonds. The summed E-state index contributed by atoms with van der Waals surface area (Å²) in [5.41, 5.74) is 0.895. The molecule has 1 aromatic carbocycles. The van der Waals surface area contributed by atoms with Crippen molar-refractivity contribution in [3.05, 3.63) is 28.8 Å². The van der Waals surface area contributed by atoms with Crippen LogP contribution in [0.3, 0.4) is 0 Å². The van der Waals surface area contributed by atoms with Crippen LogP contribution in [0.5, 0.6) is 0 Å². The fourth-order valence-electron chi connectivity index (χ4n) is 4.00. The lowest BCUT2D eigenvalue weighted by Gasteiger charge is -2.43. The molecule has 2 atom stereocenters. The smallest absolute Gasteiger partial charge is 0.243 e. The van der Waals surface area contributed by atoms with Crippen molar-refractivity contribution in [3.63, 3.8) is 0 Å². The van der Waals surface area contributed by atoms with Crippen LogP contribution in [0.15, 0.2) is 23.1 Å². The van der Waals surface area contributed by atoms with Crippen LogP contribution in [0.25, 0.3) is 0 Å². The first-order valence-electron chi connectivity index (χ1n) is 8.90. The normalized spacial score (nSPS) is 27.3. The van der Waals surface area contributed by atoms with Crippen LogP contribution in [0.1, 0.15) is 38.2 Å². The number of rotatable bonds is 3. The molecule has 0 unspecified atom stereocenters. The molecule has 0 spiro atoms. The second-order valence-electron chi connectivity index (χ2n) is 7.18. The molecule has 1 aliphatic heterocycles. The quantitative estimate of drug-likeness (QED) is 0.817. The summed E-state index contributed by atoms with van der Waals surface area (Å²) in [4.78, 5) is 2.80. The van der Waals surface area contributed by atoms with Crippen molar-refractivity contribution in [2.75, 3.05) is 26.2 Å². The molecule has 0 N–H and O–H groups in total. The number of hydrogen-bond donors (Lipinski definition) is 0. The second-order valence-corrected chi connectivity index (χ2v) is 9.53. The van der Waals surface area contributed by atoms with Gasteiger partial charge in [0.2, 0.25) is 10.0 Å². The average molecular weight is 371 g/mol. The third-order valence-electron chi connectivity index (χ3n) is 5.59. The Morgan fingerprint density at radius 2 is 1.75 bits per heavy atom. The Morgan fingerprint density at radius 3 is 2.38 bits per heavy atom. The summed E-state index contributed by atoms with van der Waals surface area (Å²) in [6.07, 6.45) is 5.18. The zero-order valence-electron chi connectivity index (χ0n) is 14.5. The van der Waals surface area contributed by atoms with Gasteiger partial charge >= 0.3 is 0 Å². The Labute approximate surface area is 150 Å². The highest BCUT2D eigenvalue weighted by Crippen LogP contribution is 2.30. The first-order chi connectivity index (χ1) is 11.4. The Bertz CT molecular complexity index is 684. The summed E-state index contributed by atoms with van der Waals surface area (Å²) in [6, 6.07) is 5.63. The number of halogens is 1. The van der Waals surface area contributed by atoms with Gasteiger partial charge in [-0.3, -0.25) is 4.90 Å². The summed E-state index contributed by atoms with van der Waals surface area (Å²) in [5.74, 6) is 0.720. The lowest BCUT2D eigenvalue weighted by Crippen LogP contribution is -2.53. The zero-order chi connectivity index (χ0) is 17.3. The van der Waals surface area contributed by atoms with E-state index in [9.17, 15) is 8.42 Å². The van der Waals surface area contributed by atoms with Crippen molar-refractivity contribution in [3.8, 4) is 0 Å². The molecule has 0 aromatic heterocycles. The van der Waals surface area contributed by atoms with E-state index in [0.717, 1.165) is 24.6 Å². The van der Waals surface area contributed by atoms with Gasteiger partial charge in [0.05, 0.1) is 4.90 Å². The van der Waals surface area contributed by atoms with Gasteiger partial charge in [-0.15, -0.1) is 0 Å². The number of sulfonamides is 1. The molecule has 2 fully saturated rings. The van der Waals surface area contributed by atoms with Crippen molar-refractivity contribution in [1.29, 1.82) is 0 Å². The van der Waals surface area contributed by atoms with E-state index in [-0.39, 0.29) is 0 Å². The zero-order valence-corrected chi connectivity index (χ0v) is 16.1. The predicted molar refractivity (Wildman–Crippen MR) is 97.9 cm³/mol. The SMILES string of the molecule is Cc1ccc(S(=O)(=O)N2CCN([C@H]3CCCC[C@H]3C)CC2)cc1Cl. The molecule has 0 radical (unpaired) electrons. The van der Waals surface area contributed by atoms with E-state index in [0.29, 0.717) is 29.0 Å². The molecule has 1 heterocycles. The van der Waals surface area contributed by atoms with Gasteiger partial charge in [0.15, 0.2) is 0 Å². The first-order valence-corrected chi connectivity index (χ1v) is 10.7. The summed E-state index contributed by atoms with van der Waals surface area (Å²) >= 11 is 6.11. The Hall–Kier alpha value is -0.620. The van der Waals surface area contributed by atoms with Gasteiger partial charge in [-0.1, -0.05) is 37.4 Å². The third-order valence-corrected chi connectivity index (χ3v) is 7.89. The van der Waals surface area contributed by atoms with E-state index in [4.69, 9.17) is 11.6 Å². The maximum absolute atomic E-state index is 12.8. The minimum Gasteiger partial charge on any atom is -0.298 e. The molecule has 0 bridgehead atoms. The highest BCUT2D eigenvalue weighted by Gasteiger charge is 2.33. The van der Waals surface area contributed by atoms with E-state index in [1.165, 1.54) is 25.7 Å². The van der Waals surface area contributed by atoms with E-state index in [2.05, 4.69) is 11.8 Å². The lowest BCUT2D eigenvalue weighted by atomic mass is 9.84. The van der Waals surface area contributed by atoms with Crippen LogP contribution >= 0.6 is 11.6 Å². The van der Waals surface area contributed by atoms with Gasteiger partial charge in [0.1, 0.15) is 0 Å². The molecule has 2 aliphatic rings. The maximum Gasteiger partial charge on any atom is 0.243 e. The van der Waals surface area contributed by atoms with Gasteiger partial charge in [0.25, 0.3) is 0 Å². The van der Waals surface area contributed by atoms with Crippen LogP contribution in [-0.2, 0) is 10.0 Å². The molecular formula is C18H27ClN2O2S. The molecule has 4 nitrogen and oxygen atoms in total. The highest BCUT2D eigenvalue weighted by molar-refractivity contribution is 7.89. The molecule has 3 rings (SSSR count). The topological polar surface area (TPSA) is 40.6 Å². The van der Waals surface area contributed by atoms with Gasteiger partial charge in [0, 0.05) is 37.2 Å². The van der Waals surface area contributed by atoms with Crippen LogP contribution in [0.2, 0.25) is 5.02 Å². The lowest BCUT2D eigenvalue weighted by molar-refractivity contribution is 0.0786. The molecule has 1 aliphatic carbocycles. The molecule has 1 saturated carbocycles.